The number of carbonyl (C=O) groups is 1. The van der Waals surface area contributed by atoms with Gasteiger partial charge in [-0.2, -0.15) is 0 Å². The summed E-state index contributed by atoms with van der Waals surface area (Å²) in [6, 6.07) is 2.89. The standard InChI is InChI=1S/C17H11F6NO/c1-7-2-3-8-6-9(18)4-5-10(8)24(7)17(25)11-12(19)14(21)16(23)15(22)13(11)20/h4-7H,2-3H2,1H3. The van der Waals surface area contributed by atoms with Crippen molar-refractivity contribution in [3.05, 3.63) is 64.2 Å². The van der Waals surface area contributed by atoms with Crippen molar-refractivity contribution < 1.29 is 31.1 Å². The lowest BCUT2D eigenvalue weighted by molar-refractivity contribution is 0.0963. The third-order valence-corrected chi connectivity index (χ3v) is 4.22. The highest BCUT2D eigenvalue weighted by Gasteiger charge is 2.36. The monoisotopic (exact) mass is 359 g/mol. The van der Waals surface area contributed by atoms with E-state index < -0.39 is 52.4 Å². The van der Waals surface area contributed by atoms with Crippen LogP contribution in [0, 0.1) is 34.9 Å². The molecule has 25 heavy (non-hydrogen) atoms. The number of nitrogens with zero attached hydrogens (tertiary/aromatic N) is 1. The maximum Gasteiger partial charge on any atom is 0.264 e. The van der Waals surface area contributed by atoms with Gasteiger partial charge in [0, 0.05) is 11.7 Å². The first-order valence-corrected chi connectivity index (χ1v) is 7.37. The number of benzene rings is 2. The van der Waals surface area contributed by atoms with Crippen LogP contribution in [0.5, 0.6) is 0 Å². The third kappa shape index (κ3) is 2.65. The molecule has 2 aromatic carbocycles. The normalized spacial score (nSPS) is 16.8. The van der Waals surface area contributed by atoms with E-state index in [0.717, 1.165) is 11.0 Å². The fraction of sp³-hybridized carbons (Fsp3) is 0.235. The maximum atomic E-state index is 13.9. The van der Waals surface area contributed by atoms with E-state index in [-0.39, 0.29) is 5.69 Å². The Balaban J connectivity index is 2.17. The molecule has 1 aliphatic rings. The maximum absolute atomic E-state index is 13.9. The van der Waals surface area contributed by atoms with Crippen molar-refractivity contribution in [1.82, 2.24) is 0 Å². The minimum atomic E-state index is -2.33. The molecular formula is C17H11F6NO. The van der Waals surface area contributed by atoms with Gasteiger partial charge >= 0.3 is 0 Å². The van der Waals surface area contributed by atoms with Gasteiger partial charge in [0.25, 0.3) is 5.91 Å². The number of carbonyl (C=O) groups excluding carboxylic acids is 1. The lowest BCUT2D eigenvalue weighted by atomic mass is 9.95. The molecule has 0 aromatic heterocycles. The molecule has 0 radical (unpaired) electrons. The Morgan fingerprint density at radius 2 is 1.52 bits per heavy atom. The fourth-order valence-electron chi connectivity index (χ4n) is 2.94. The number of hydrogen-bond acceptors (Lipinski definition) is 1. The van der Waals surface area contributed by atoms with Crippen molar-refractivity contribution in [3.63, 3.8) is 0 Å². The van der Waals surface area contributed by atoms with Crippen LogP contribution in [0.3, 0.4) is 0 Å². The summed E-state index contributed by atoms with van der Waals surface area (Å²) in [4.78, 5) is 13.5. The van der Waals surface area contributed by atoms with E-state index in [0.29, 0.717) is 18.4 Å². The average Bonchev–Trinajstić information content (AvgIpc) is 2.58. The van der Waals surface area contributed by atoms with E-state index in [1.54, 1.807) is 6.92 Å². The SMILES string of the molecule is CC1CCc2cc(F)ccc2N1C(=O)c1c(F)c(F)c(F)c(F)c1F. The summed E-state index contributed by atoms with van der Waals surface area (Å²) < 4.78 is 81.2. The third-order valence-electron chi connectivity index (χ3n) is 4.22. The molecule has 1 amide bonds. The van der Waals surface area contributed by atoms with Crippen LogP contribution < -0.4 is 4.90 Å². The largest absolute Gasteiger partial charge is 0.305 e. The van der Waals surface area contributed by atoms with Crippen LogP contribution in [0.4, 0.5) is 32.0 Å². The smallest absolute Gasteiger partial charge is 0.264 e. The number of fused-ring (bicyclic) bond motifs is 1. The number of amides is 1. The topological polar surface area (TPSA) is 20.3 Å². The van der Waals surface area contributed by atoms with Gasteiger partial charge in [-0.3, -0.25) is 4.79 Å². The lowest BCUT2D eigenvalue weighted by Crippen LogP contribution is -2.43. The van der Waals surface area contributed by atoms with Gasteiger partial charge in [-0.25, -0.2) is 26.3 Å². The minimum absolute atomic E-state index is 0.175. The van der Waals surface area contributed by atoms with E-state index in [1.165, 1.54) is 12.1 Å². The van der Waals surface area contributed by atoms with Gasteiger partial charge in [0.2, 0.25) is 5.82 Å². The van der Waals surface area contributed by atoms with Crippen molar-refractivity contribution in [1.29, 1.82) is 0 Å². The summed E-state index contributed by atoms with van der Waals surface area (Å²) in [5.41, 5.74) is -0.940. The molecule has 2 aromatic rings. The quantitative estimate of drug-likeness (QED) is 0.417. The number of halogens is 6. The Morgan fingerprint density at radius 1 is 0.960 bits per heavy atom. The van der Waals surface area contributed by atoms with Gasteiger partial charge in [-0.05, 0) is 43.5 Å². The van der Waals surface area contributed by atoms with E-state index >= 15 is 0 Å². The summed E-state index contributed by atoms with van der Waals surface area (Å²) in [6.45, 7) is 1.57. The molecule has 1 heterocycles. The zero-order valence-electron chi connectivity index (χ0n) is 12.8. The predicted octanol–water partition coefficient (Wildman–Crippen LogP) is 4.50. The first-order chi connectivity index (χ1) is 11.7. The van der Waals surface area contributed by atoms with E-state index in [4.69, 9.17) is 0 Å². The molecule has 0 saturated carbocycles. The van der Waals surface area contributed by atoms with E-state index in [2.05, 4.69) is 0 Å². The molecule has 0 aliphatic carbocycles. The second-order valence-electron chi connectivity index (χ2n) is 5.78. The molecule has 8 heteroatoms. The molecule has 0 saturated heterocycles. The summed E-state index contributed by atoms with van der Waals surface area (Å²) in [5.74, 6) is -13.0. The van der Waals surface area contributed by atoms with Crippen LogP contribution in [0.2, 0.25) is 0 Å². The molecule has 0 N–H and O–H groups in total. The number of rotatable bonds is 1. The minimum Gasteiger partial charge on any atom is -0.305 e. The molecule has 0 fully saturated rings. The van der Waals surface area contributed by atoms with Crippen molar-refractivity contribution in [2.45, 2.75) is 25.8 Å². The zero-order chi connectivity index (χ0) is 18.5. The first kappa shape index (κ1) is 17.3. The number of aryl methyl sites for hydroxylation is 1. The summed E-state index contributed by atoms with van der Waals surface area (Å²) in [7, 11) is 0. The van der Waals surface area contributed by atoms with Gasteiger partial charge in [-0.15, -0.1) is 0 Å². The summed E-state index contributed by atoms with van der Waals surface area (Å²) >= 11 is 0. The van der Waals surface area contributed by atoms with Gasteiger partial charge in [0.1, 0.15) is 11.4 Å². The van der Waals surface area contributed by atoms with Crippen LogP contribution >= 0.6 is 0 Å². The van der Waals surface area contributed by atoms with Gasteiger partial charge in [0.05, 0.1) is 0 Å². The van der Waals surface area contributed by atoms with Crippen LogP contribution in [0.25, 0.3) is 0 Å². The number of anilines is 1. The molecule has 1 aliphatic heterocycles. The summed E-state index contributed by atoms with van der Waals surface area (Å²) in [5, 5.41) is 0. The molecule has 1 atom stereocenters. The van der Waals surface area contributed by atoms with Crippen molar-refractivity contribution >= 4 is 11.6 Å². The Morgan fingerprint density at radius 3 is 2.12 bits per heavy atom. The second-order valence-corrected chi connectivity index (χ2v) is 5.78. The molecule has 2 nitrogen and oxygen atoms in total. The Bertz CT molecular complexity index is 853. The number of hydrogen-bond donors (Lipinski definition) is 0. The van der Waals surface area contributed by atoms with E-state index in [9.17, 15) is 31.1 Å². The van der Waals surface area contributed by atoms with E-state index in [1.807, 2.05) is 0 Å². The van der Waals surface area contributed by atoms with Gasteiger partial charge in [-0.1, -0.05) is 0 Å². The fourth-order valence-corrected chi connectivity index (χ4v) is 2.94. The van der Waals surface area contributed by atoms with Crippen molar-refractivity contribution in [3.8, 4) is 0 Å². The second kappa shape index (κ2) is 6.09. The molecule has 1 unspecified atom stereocenters. The Labute approximate surface area is 138 Å². The van der Waals surface area contributed by atoms with Crippen molar-refractivity contribution in [2.75, 3.05) is 4.90 Å². The molecule has 132 valence electrons. The highest BCUT2D eigenvalue weighted by Crippen LogP contribution is 2.34. The first-order valence-electron chi connectivity index (χ1n) is 7.37. The Kier molecular flexibility index (Phi) is 4.22. The summed E-state index contributed by atoms with van der Waals surface area (Å²) in [6.07, 6.45) is 0.757. The van der Waals surface area contributed by atoms with Crippen LogP contribution in [-0.2, 0) is 6.42 Å². The average molecular weight is 359 g/mol. The molecular weight excluding hydrogens is 348 g/mol. The van der Waals surface area contributed by atoms with Crippen LogP contribution in [0.15, 0.2) is 18.2 Å². The molecule has 0 spiro atoms. The van der Waals surface area contributed by atoms with Gasteiger partial charge in [0.15, 0.2) is 23.3 Å². The highest BCUT2D eigenvalue weighted by atomic mass is 19.2. The van der Waals surface area contributed by atoms with Gasteiger partial charge < -0.3 is 4.90 Å². The lowest BCUT2D eigenvalue weighted by Gasteiger charge is -2.35. The predicted molar refractivity (Wildman–Crippen MR) is 77.2 cm³/mol. The van der Waals surface area contributed by atoms with Crippen LogP contribution in [0.1, 0.15) is 29.3 Å². The van der Waals surface area contributed by atoms with Crippen LogP contribution in [-0.4, -0.2) is 11.9 Å². The Hall–Kier alpha value is -2.51. The van der Waals surface area contributed by atoms with Crippen molar-refractivity contribution in [2.24, 2.45) is 0 Å². The molecule has 3 rings (SSSR count). The highest BCUT2D eigenvalue weighted by molar-refractivity contribution is 6.07. The zero-order valence-corrected chi connectivity index (χ0v) is 12.8. The molecule has 0 bridgehead atoms.